The molecule has 0 spiro atoms. The van der Waals surface area contributed by atoms with Crippen molar-refractivity contribution in [2.45, 2.75) is 32.0 Å². The van der Waals surface area contributed by atoms with Gasteiger partial charge < -0.3 is 10.1 Å². The summed E-state index contributed by atoms with van der Waals surface area (Å²) in [5.41, 5.74) is 0.000511. The van der Waals surface area contributed by atoms with Crippen LogP contribution in [0.1, 0.15) is 25.3 Å². The van der Waals surface area contributed by atoms with E-state index in [0.717, 1.165) is 25.0 Å². The van der Waals surface area contributed by atoms with E-state index in [-0.39, 0.29) is 6.10 Å². The highest BCUT2D eigenvalue weighted by atomic mass is 127. The van der Waals surface area contributed by atoms with Crippen LogP contribution in [0.3, 0.4) is 0 Å². The van der Waals surface area contributed by atoms with Crippen molar-refractivity contribution in [1.29, 1.82) is 0 Å². The summed E-state index contributed by atoms with van der Waals surface area (Å²) in [6.45, 7) is 2.66. The summed E-state index contributed by atoms with van der Waals surface area (Å²) in [7, 11) is 0. The lowest BCUT2D eigenvalue weighted by atomic mass is 10.1. The minimum Gasteiger partial charge on any atom is -0.486 e. The molecule has 0 saturated heterocycles. The molecule has 1 aliphatic rings. The predicted octanol–water partition coefficient (Wildman–Crippen LogP) is 4.28. The molecule has 100 valence electrons. The third-order valence-electron chi connectivity index (χ3n) is 2.79. The first-order chi connectivity index (χ1) is 8.41. The van der Waals surface area contributed by atoms with Crippen molar-refractivity contribution in [2.24, 2.45) is 0 Å². The second-order valence-corrected chi connectivity index (χ2v) is 5.40. The van der Waals surface area contributed by atoms with Gasteiger partial charge in [-0.05, 0) is 41.1 Å². The molecule has 0 aromatic heterocycles. The van der Waals surface area contributed by atoms with Gasteiger partial charge in [0.15, 0.2) is 0 Å². The second kappa shape index (κ2) is 5.14. The fourth-order valence-electron chi connectivity index (χ4n) is 1.93. The molecule has 0 amide bonds. The SMILES string of the molecule is CCCC1CNc2c(I)cc(C(F)(F)F)cc2O1. The molecule has 0 fully saturated rings. The van der Waals surface area contributed by atoms with Crippen LogP contribution in [0.2, 0.25) is 0 Å². The Labute approximate surface area is 117 Å². The second-order valence-electron chi connectivity index (χ2n) is 4.24. The number of hydrogen-bond donors (Lipinski definition) is 1. The molecule has 1 aromatic carbocycles. The van der Waals surface area contributed by atoms with Crippen LogP contribution < -0.4 is 10.1 Å². The smallest absolute Gasteiger partial charge is 0.416 e. The number of rotatable bonds is 2. The average molecular weight is 371 g/mol. The van der Waals surface area contributed by atoms with Crippen LogP contribution in [-0.4, -0.2) is 12.6 Å². The van der Waals surface area contributed by atoms with Gasteiger partial charge >= 0.3 is 6.18 Å². The van der Waals surface area contributed by atoms with Gasteiger partial charge in [0.05, 0.1) is 17.8 Å². The zero-order valence-electron chi connectivity index (χ0n) is 9.77. The van der Waals surface area contributed by atoms with Gasteiger partial charge in [0.1, 0.15) is 11.9 Å². The quantitative estimate of drug-likeness (QED) is 0.784. The van der Waals surface area contributed by atoms with E-state index in [2.05, 4.69) is 5.32 Å². The summed E-state index contributed by atoms with van der Waals surface area (Å²) < 4.78 is 44.3. The van der Waals surface area contributed by atoms with Gasteiger partial charge in [0.2, 0.25) is 0 Å². The van der Waals surface area contributed by atoms with E-state index in [0.29, 0.717) is 21.6 Å². The minimum absolute atomic E-state index is 0.0539. The van der Waals surface area contributed by atoms with E-state index in [1.54, 1.807) is 0 Å². The number of anilines is 1. The number of alkyl halides is 3. The molecule has 1 atom stereocenters. The molecule has 1 N–H and O–H groups in total. The topological polar surface area (TPSA) is 21.3 Å². The van der Waals surface area contributed by atoms with E-state index < -0.39 is 11.7 Å². The Bertz CT molecular complexity index is 448. The first-order valence-electron chi connectivity index (χ1n) is 5.73. The summed E-state index contributed by atoms with van der Waals surface area (Å²) in [5, 5.41) is 3.14. The van der Waals surface area contributed by atoms with E-state index in [4.69, 9.17) is 4.74 Å². The van der Waals surface area contributed by atoms with Gasteiger partial charge in [-0.25, -0.2) is 0 Å². The first-order valence-corrected chi connectivity index (χ1v) is 6.81. The van der Waals surface area contributed by atoms with Crippen molar-refractivity contribution in [3.63, 3.8) is 0 Å². The summed E-state index contributed by atoms with van der Waals surface area (Å²) >= 11 is 1.89. The highest BCUT2D eigenvalue weighted by Crippen LogP contribution is 2.40. The molecule has 0 bridgehead atoms. The summed E-state index contributed by atoms with van der Waals surface area (Å²) in [5.74, 6) is 0.305. The number of fused-ring (bicyclic) bond motifs is 1. The Morgan fingerprint density at radius 3 is 2.78 bits per heavy atom. The molecule has 0 saturated carbocycles. The normalized spacial score (nSPS) is 18.8. The first kappa shape index (κ1) is 13.8. The summed E-state index contributed by atoms with van der Waals surface area (Å²) in [4.78, 5) is 0. The molecule has 1 aromatic rings. The van der Waals surface area contributed by atoms with Gasteiger partial charge in [-0.1, -0.05) is 13.3 Å². The average Bonchev–Trinajstić information content (AvgIpc) is 2.27. The minimum atomic E-state index is -4.34. The van der Waals surface area contributed by atoms with Gasteiger partial charge in [-0.15, -0.1) is 0 Å². The molecular weight excluding hydrogens is 358 g/mol. The number of hydrogen-bond acceptors (Lipinski definition) is 2. The van der Waals surface area contributed by atoms with E-state index in [1.807, 2.05) is 29.5 Å². The summed E-state index contributed by atoms with van der Waals surface area (Å²) in [6.07, 6.45) is -2.62. The van der Waals surface area contributed by atoms with E-state index >= 15 is 0 Å². The zero-order chi connectivity index (χ0) is 13.3. The molecule has 1 heterocycles. The van der Waals surface area contributed by atoms with E-state index in [1.165, 1.54) is 0 Å². The molecular formula is C12H13F3INO. The van der Waals surface area contributed by atoms with Gasteiger partial charge in [-0.2, -0.15) is 13.2 Å². The van der Waals surface area contributed by atoms with Crippen LogP contribution >= 0.6 is 22.6 Å². The van der Waals surface area contributed by atoms with Gasteiger partial charge in [0, 0.05) is 3.57 Å². The van der Waals surface area contributed by atoms with Crippen molar-refractivity contribution in [3.8, 4) is 5.75 Å². The number of halogens is 4. The summed E-state index contributed by atoms with van der Waals surface area (Å²) in [6, 6.07) is 2.21. The molecule has 1 aliphatic heterocycles. The Morgan fingerprint density at radius 1 is 1.44 bits per heavy atom. The monoisotopic (exact) mass is 371 g/mol. The standard InChI is InChI=1S/C12H13F3INO/c1-2-3-8-6-17-11-9(16)4-7(12(13,14)15)5-10(11)18-8/h4-5,8,17H,2-3,6H2,1H3. The predicted molar refractivity (Wildman–Crippen MR) is 72.0 cm³/mol. The van der Waals surface area contributed by atoms with Crippen LogP contribution in [-0.2, 0) is 6.18 Å². The van der Waals surface area contributed by atoms with E-state index in [9.17, 15) is 13.2 Å². The Morgan fingerprint density at radius 2 is 2.17 bits per heavy atom. The van der Waals surface area contributed by atoms with Gasteiger partial charge in [-0.3, -0.25) is 0 Å². The van der Waals surface area contributed by atoms with Crippen molar-refractivity contribution >= 4 is 28.3 Å². The van der Waals surface area contributed by atoms with Crippen molar-refractivity contribution in [1.82, 2.24) is 0 Å². The fourth-order valence-corrected chi connectivity index (χ4v) is 2.72. The highest BCUT2D eigenvalue weighted by molar-refractivity contribution is 14.1. The maximum atomic E-state index is 12.7. The molecule has 18 heavy (non-hydrogen) atoms. The maximum absolute atomic E-state index is 12.7. The highest BCUT2D eigenvalue weighted by Gasteiger charge is 2.33. The number of ether oxygens (including phenoxy) is 1. The number of benzene rings is 1. The van der Waals surface area contributed by atoms with Crippen molar-refractivity contribution in [3.05, 3.63) is 21.3 Å². The van der Waals surface area contributed by atoms with Crippen LogP contribution in [0, 0.1) is 3.57 Å². The largest absolute Gasteiger partial charge is 0.486 e. The Balaban J connectivity index is 2.34. The van der Waals surface area contributed by atoms with Crippen LogP contribution in [0.15, 0.2) is 12.1 Å². The zero-order valence-corrected chi connectivity index (χ0v) is 11.9. The Kier molecular flexibility index (Phi) is 3.93. The molecule has 2 rings (SSSR count). The Hall–Kier alpha value is -0.660. The maximum Gasteiger partial charge on any atom is 0.416 e. The third-order valence-corrected chi connectivity index (χ3v) is 3.64. The fraction of sp³-hybridized carbons (Fsp3) is 0.500. The molecule has 6 heteroatoms. The van der Waals surface area contributed by atoms with Crippen LogP contribution in [0.25, 0.3) is 0 Å². The number of nitrogens with one attached hydrogen (secondary N) is 1. The molecule has 0 aliphatic carbocycles. The molecule has 1 unspecified atom stereocenters. The lowest BCUT2D eigenvalue weighted by Crippen LogP contribution is -2.31. The lowest BCUT2D eigenvalue weighted by Gasteiger charge is -2.28. The van der Waals surface area contributed by atoms with Crippen LogP contribution in [0.5, 0.6) is 5.75 Å². The third kappa shape index (κ3) is 2.84. The van der Waals surface area contributed by atoms with Crippen LogP contribution in [0.4, 0.5) is 18.9 Å². The molecule has 0 radical (unpaired) electrons. The van der Waals surface area contributed by atoms with Crippen molar-refractivity contribution in [2.75, 3.05) is 11.9 Å². The van der Waals surface area contributed by atoms with Crippen molar-refractivity contribution < 1.29 is 17.9 Å². The molecule has 2 nitrogen and oxygen atoms in total. The lowest BCUT2D eigenvalue weighted by molar-refractivity contribution is -0.137. The van der Waals surface area contributed by atoms with Gasteiger partial charge in [0.25, 0.3) is 0 Å².